The van der Waals surface area contributed by atoms with Gasteiger partial charge in [0.05, 0.1) is 10.2 Å². The molecule has 4 heterocycles. The molecule has 4 nitrogen and oxygen atoms in total. The summed E-state index contributed by atoms with van der Waals surface area (Å²) in [7, 11) is 0. The van der Waals surface area contributed by atoms with E-state index in [2.05, 4.69) is 55.0 Å². The first-order valence-corrected chi connectivity index (χ1v) is 10.1. The van der Waals surface area contributed by atoms with E-state index in [9.17, 15) is 0 Å². The predicted molar refractivity (Wildman–Crippen MR) is 110 cm³/mol. The molecule has 0 unspecified atom stereocenters. The van der Waals surface area contributed by atoms with Gasteiger partial charge in [0.15, 0.2) is 0 Å². The van der Waals surface area contributed by atoms with Gasteiger partial charge in [-0.2, -0.15) is 0 Å². The molecule has 0 bridgehead atoms. The molecule has 4 aromatic rings. The average Bonchev–Trinajstić information content (AvgIpc) is 3.29. The average molecular weight is 383 g/mol. The van der Waals surface area contributed by atoms with Gasteiger partial charge in [-0.3, -0.25) is 4.90 Å². The van der Waals surface area contributed by atoms with Gasteiger partial charge in [-0.15, -0.1) is 11.3 Å². The second-order valence-electron chi connectivity index (χ2n) is 6.74. The van der Waals surface area contributed by atoms with Crippen molar-refractivity contribution in [2.24, 2.45) is 0 Å². The Bertz CT molecular complexity index is 1040. The predicted octanol–water partition coefficient (Wildman–Crippen LogP) is 4.52. The molecule has 0 aliphatic carbocycles. The highest BCUT2D eigenvalue weighted by atomic mass is 35.5. The number of piperazine rings is 1. The molecule has 26 heavy (non-hydrogen) atoms. The highest BCUT2D eigenvalue weighted by molar-refractivity contribution is 7.17. The van der Waals surface area contributed by atoms with Crippen LogP contribution in [0.3, 0.4) is 0 Å². The quantitative estimate of drug-likeness (QED) is 0.520. The number of hydrogen-bond donors (Lipinski definition) is 0. The van der Waals surface area contributed by atoms with E-state index in [1.54, 1.807) is 11.3 Å². The minimum Gasteiger partial charge on any atom is -0.369 e. The minimum absolute atomic E-state index is 0.793. The fourth-order valence-electron chi connectivity index (χ4n) is 3.69. The van der Waals surface area contributed by atoms with E-state index in [0.717, 1.165) is 43.4 Å². The second kappa shape index (κ2) is 6.58. The Morgan fingerprint density at radius 1 is 1.04 bits per heavy atom. The third kappa shape index (κ3) is 2.96. The Hall–Kier alpha value is -2.08. The van der Waals surface area contributed by atoms with Crippen LogP contribution in [0.4, 0.5) is 5.69 Å². The Morgan fingerprint density at radius 3 is 2.65 bits per heavy atom. The lowest BCUT2D eigenvalue weighted by Crippen LogP contribution is -2.45. The van der Waals surface area contributed by atoms with E-state index < -0.39 is 0 Å². The lowest BCUT2D eigenvalue weighted by Gasteiger charge is -2.36. The van der Waals surface area contributed by atoms with Crippen LogP contribution in [0, 0.1) is 0 Å². The minimum atomic E-state index is 0.793. The summed E-state index contributed by atoms with van der Waals surface area (Å²) in [5, 5.41) is 2.92. The zero-order chi connectivity index (χ0) is 17.5. The van der Waals surface area contributed by atoms with Gasteiger partial charge in [-0.05, 0) is 47.3 Å². The molecule has 1 saturated heterocycles. The summed E-state index contributed by atoms with van der Waals surface area (Å²) in [6.07, 6.45) is 4.22. The van der Waals surface area contributed by atoms with Gasteiger partial charge in [0.1, 0.15) is 5.65 Å². The zero-order valence-electron chi connectivity index (χ0n) is 14.3. The van der Waals surface area contributed by atoms with Gasteiger partial charge >= 0.3 is 0 Å². The van der Waals surface area contributed by atoms with Crippen molar-refractivity contribution in [2.45, 2.75) is 6.54 Å². The molecule has 1 fully saturated rings. The second-order valence-corrected chi connectivity index (χ2v) is 8.13. The van der Waals surface area contributed by atoms with Gasteiger partial charge in [0.25, 0.3) is 0 Å². The molecule has 0 amide bonds. The van der Waals surface area contributed by atoms with Crippen LogP contribution < -0.4 is 4.90 Å². The summed E-state index contributed by atoms with van der Waals surface area (Å²) in [4.78, 5) is 9.54. The fraction of sp³-hybridized carbons (Fsp3) is 0.250. The molecule has 0 saturated carbocycles. The Kier molecular flexibility index (Phi) is 4.08. The zero-order valence-corrected chi connectivity index (χ0v) is 15.9. The van der Waals surface area contributed by atoms with Crippen LogP contribution in [0.15, 0.2) is 54.2 Å². The molecular formula is C20H19ClN4S. The van der Waals surface area contributed by atoms with Gasteiger partial charge in [0, 0.05) is 55.8 Å². The molecule has 0 atom stereocenters. The van der Waals surface area contributed by atoms with E-state index in [1.165, 1.54) is 21.5 Å². The smallest absolute Gasteiger partial charge is 0.137 e. The number of aromatic nitrogens is 2. The third-order valence-electron chi connectivity index (χ3n) is 5.07. The molecule has 0 spiro atoms. The first-order valence-electron chi connectivity index (χ1n) is 8.82. The van der Waals surface area contributed by atoms with Crippen molar-refractivity contribution in [1.82, 2.24) is 14.3 Å². The summed E-state index contributed by atoms with van der Waals surface area (Å²) in [5.74, 6) is 0. The van der Waals surface area contributed by atoms with Gasteiger partial charge < -0.3 is 9.30 Å². The van der Waals surface area contributed by atoms with Crippen LogP contribution in [0.2, 0.25) is 5.02 Å². The Balaban J connectivity index is 1.29. The Morgan fingerprint density at radius 2 is 1.85 bits per heavy atom. The normalized spacial score (nSPS) is 16.0. The highest BCUT2D eigenvalue weighted by Crippen LogP contribution is 2.24. The number of nitrogens with zero attached hydrogens (tertiary/aromatic N) is 4. The van der Waals surface area contributed by atoms with Crippen molar-refractivity contribution in [2.75, 3.05) is 31.1 Å². The summed E-state index contributed by atoms with van der Waals surface area (Å²) in [6.45, 7) is 5.19. The maximum absolute atomic E-state index is 5.99. The summed E-state index contributed by atoms with van der Waals surface area (Å²) < 4.78 is 3.45. The topological polar surface area (TPSA) is 23.8 Å². The lowest BCUT2D eigenvalue weighted by atomic mass is 10.2. The van der Waals surface area contributed by atoms with Gasteiger partial charge in [0.2, 0.25) is 0 Å². The van der Waals surface area contributed by atoms with E-state index in [4.69, 9.17) is 11.6 Å². The van der Waals surface area contributed by atoms with E-state index in [1.807, 2.05) is 18.3 Å². The van der Waals surface area contributed by atoms with Crippen molar-refractivity contribution >= 4 is 44.5 Å². The standard InChI is InChI=1S/C20H19ClN4S/c21-16-1-3-17(4-2-16)24-8-6-23(7-9-24)13-15-11-20-22-12-19-18(5-10-26-19)25(20)14-15/h1-5,10-12,14H,6-9,13H2. The van der Waals surface area contributed by atoms with E-state index in [0.29, 0.717) is 0 Å². The SMILES string of the molecule is Clc1ccc(N2CCN(Cc3cc4ncc5sccc5n4c3)CC2)cc1. The molecular weight excluding hydrogens is 364 g/mol. The number of thiophene rings is 1. The van der Waals surface area contributed by atoms with Crippen LogP contribution in [0.5, 0.6) is 0 Å². The number of halogens is 1. The first-order chi connectivity index (χ1) is 12.8. The number of benzene rings is 1. The number of fused-ring (bicyclic) bond motifs is 3. The molecule has 6 heteroatoms. The number of rotatable bonds is 3. The van der Waals surface area contributed by atoms with Crippen molar-refractivity contribution < 1.29 is 0 Å². The van der Waals surface area contributed by atoms with Crippen molar-refractivity contribution in [1.29, 1.82) is 0 Å². The van der Waals surface area contributed by atoms with Gasteiger partial charge in [-0.1, -0.05) is 11.6 Å². The van der Waals surface area contributed by atoms with Crippen LogP contribution >= 0.6 is 22.9 Å². The summed E-state index contributed by atoms with van der Waals surface area (Å²) in [5.41, 5.74) is 4.87. The summed E-state index contributed by atoms with van der Waals surface area (Å²) in [6, 6.07) is 12.5. The van der Waals surface area contributed by atoms with Crippen LogP contribution in [0.25, 0.3) is 15.9 Å². The fourth-order valence-corrected chi connectivity index (χ4v) is 4.56. The molecule has 1 aliphatic rings. The van der Waals surface area contributed by atoms with E-state index >= 15 is 0 Å². The first kappa shape index (κ1) is 16.1. The van der Waals surface area contributed by atoms with Gasteiger partial charge in [-0.25, -0.2) is 4.98 Å². The molecule has 0 N–H and O–H groups in total. The monoisotopic (exact) mass is 382 g/mol. The van der Waals surface area contributed by atoms with Crippen molar-refractivity contribution in [3.63, 3.8) is 0 Å². The third-order valence-corrected chi connectivity index (χ3v) is 6.17. The van der Waals surface area contributed by atoms with Crippen molar-refractivity contribution in [3.05, 3.63) is 64.8 Å². The lowest BCUT2D eigenvalue weighted by molar-refractivity contribution is 0.250. The van der Waals surface area contributed by atoms with E-state index in [-0.39, 0.29) is 0 Å². The molecule has 5 rings (SSSR count). The Labute approximate surface area is 161 Å². The van der Waals surface area contributed by atoms with Crippen LogP contribution in [0.1, 0.15) is 5.56 Å². The number of hydrogen-bond acceptors (Lipinski definition) is 4. The molecule has 132 valence electrons. The molecule has 1 aliphatic heterocycles. The van der Waals surface area contributed by atoms with Crippen LogP contribution in [-0.4, -0.2) is 40.5 Å². The maximum atomic E-state index is 5.99. The molecule has 1 aromatic carbocycles. The molecule has 0 radical (unpaired) electrons. The highest BCUT2D eigenvalue weighted by Gasteiger charge is 2.18. The molecule has 3 aromatic heterocycles. The maximum Gasteiger partial charge on any atom is 0.137 e. The largest absolute Gasteiger partial charge is 0.369 e. The van der Waals surface area contributed by atoms with Crippen LogP contribution in [-0.2, 0) is 6.54 Å². The summed E-state index contributed by atoms with van der Waals surface area (Å²) >= 11 is 7.73. The van der Waals surface area contributed by atoms with Crippen molar-refractivity contribution in [3.8, 4) is 0 Å². The number of anilines is 1.